The number of rotatable bonds is 5. The van der Waals surface area contributed by atoms with Gasteiger partial charge in [-0.25, -0.2) is 4.79 Å². The van der Waals surface area contributed by atoms with Crippen LogP contribution < -0.4 is 10.6 Å². The number of hydrogen-bond acceptors (Lipinski definition) is 2. The zero-order valence-corrected chi connectivity index (χ0v) is 11.4. The normalized spacial score (nSPS) is 16.6. The lowest BCUT2D eigenvalue weighted by molar-refractivity contribution is -0.148. The largest absolute Gasteiger partial charge is 0.481 e. The van der Waals surface area contributed by atoms with E-state index in [2.05, 4.69) is 10.6 Å². The fraction of sp³-hybridized carbons (Fsp3) is 0.467. The van der Waals surface area contributed by atoms with Gasteiger partial charge in [-0.15, -0.1) is 0 Å². The summed E-state index contributed by atoms with van der Waals surface area (Å²) in [5.41, 5.74) is 0.237. The van der Waals surface area contributed by atoms with E-state index in [-0.39, 0.29) is 12.6 Å². The molecule has 0 unspecified atom stereocenters. The van der Waals surface area contributed by atoms with Crippen LogP contribution in [0.15, 0.2) is 30.3 Å². The summed E-state index contributed by atoms with van der Waals surface area (Å²) >= 11 is 0. The van der Waals surface area contributed by atoms with E-state index < -0.39 is 11.4 Å². The van der Waals surface area contributed by atoms with Crippen molar-refractivity contribution in [1.82, 2.24) is 10.6 Å². The minimum Gasteiger partial charge on any atom is -0.481 e. The maximum absolute atomic E-state index is 11.7. The standard InChI is InChI=1S/C15H20N2O3/c18-13(19)15(8-4-5-9-15)11-17-14(20)16-10-12-6-2-1-3-7-12/h1-3,6-7H,4-5,8-11H2,(H,18,19)(H2,16,17,20). The Morgan fingerprint density at radius 1 is 1.10 bits per heavy atom. The van der Waals surface area contributed by atoms with E-state index in [1.54, 1.807) is 0 Å². The van der Waals surface area contributed by atoms with Crippen molar-refractivity contribution in [1.29, 1.82) is 0 Å². The van der Waals surface area contributed by atoms with Crippen LogP contribution in [-0.2, 0) is 11.3 Å². The predicted octanol–water partition coefficient (Wildman–Crippen LogP) is 2.13. The summed E-state index contributed by atoms with van der Waals surface area (Å²) in [5, 5.41) is 14.7. The number of carbonyl (C=O) groups is 2. The highest BCUT2D eigenvalue weighted by atomic mass is 16.4. The molecule has 0 bridgehead atoms. The molecular formula is C15H20N2O3. The van der Waals surface area contributed by atoms with Crippen LogP contribution >= 0.6 is 0 Å². The van der Waals surface area contributed by atoms with Crippen molar-refractivity contribution in [2.45, 2.75) is 32.2 Å². The SMILES string of the molecule is O=C(NCc1ccccc1)NCC1(C(=O)O)CCCC1. The van der Waals surface area contributed by atoms with Gasteiger partial charge < -0.3 is 15.7 Å². The number of carboxylic acids is 1. The number of nitrogens with one attached hydrogen (secondary N) is 2. The number of benzene rings is 1. The van der Waals surface area contributed by atoms with Crippen LogP contribution in [0.4, 0.5) is 4.79 Å². The third kappa shape index (κ3) is 3.50. The van der Waals surface area contributed by atoms with Crippen LogP contribution in [0.2, 0.25) is 0 Å². The highest BCUT2D eigenvalue weighted by molar-refractivity contribution is 5.78. The maximum atomic E-state index is 11.7. The molecule has 2 amide bonds. The zero-order valence-electron chi connectivity index (χ0n) is 11.4. The van der Waals surface area contributed by atoms with E-state index >= 15 is 0 Å². The number of hydrogen-bond donors (Lipinski definition) is 3. The number of aliphatic carboxylic acids is 1. The Morgan fingerprint density at radius 2 is 1.75 bits per heavy atom. The summed E-state index contributed by atoms with van der Waals surface area (Å²) in [6, 6.07) is 9.27. The summed E-state index contributed by atoms with van der Waals surface area (Å²) in [7, 11) is 0. The van der Waals surface area contributed by atoms with Gasteiger partial charge in [-0.2, -0.15) is 0 Å². The fourth-order valence-corrected chi connectivity index (χ4v) is 2.61. The summed E-state index contributed by atoms with van der Waals surface area (Å²) in [6.45, 7) is 0.635. The smallest absolute Gasteiger partial charge is 0.315 e. The summed E-state index contributed by atoms with van der Waals surface area (Å²) < 4.78 is 0. The molecule has 3 N–H and O–H groups in total. The third-order valence-corrected chi connectivity index (χ3v) is 3.90. The van der Waals surface area contributed by atoms with E-state index in [4.69, 9.17) is 0 Å². The van der Waals surface area contributed by atoms with Gasteiger partial charge >= 0.3 is 12.0 Å². The van der Waals surface area contributed by atoms with Crippen molar-refractivity contribution < 1.29 is 14.7 Å². The Morgan fingerprint density at radius 3 is 2.35 bits per heavy atom. The molecule has 1 saturated carbocycles. The van der Waals surface area contributed by atoms with E-state index in [1.807, 2.05) is 30.3 Å². The second kappa shape index (κ2) is 6.41. The average molecular weight is 276 g/mol. The van der Waals surface area contributed by atoms with Crippen LogP contribution in [0.25, 0.3) is 0 Å². The molecule has 0 saturated heterocycles. The van der Waals surface area contributed by atoms with Crippen molar-refractivity contribution in [3.8, 4) is 0 Å². The third-order valence-electron chi connectivity index (χ3n) is 3.90. The molecule has 20 heavy (non-hydrogen) atoms. The van der Waals surface area contributed by atoms with Gasteiger partial charge in [-0.1, -0.05) is 43.2 Å². The predicted molar refractivity (Wildman–Crippen MR) is 75.2 cm³/mol. The highest BCUT2D eigenvalue weighted by Crippen LogP contribution is 2.37. The molecule has 2 rings (SSSR count). The highest BCUT2D eigenvalue weighted by Gasteiger charge is 2.41. The van der Waals surface area contributed by atoms with Crippen molar-refractivity contribution in [3.63, 3.8) is 0 Å². The summed E-state index contributed by atoms with van der Waals surface area (Å²) in [6.07, 6.45) is 3.11. The molecule has 1 aromatic carbocycles. The Hall–Kier alpha value is -2.04. The van der Waals surface area contributed by atoms with Crippen LogP contribution in [0, 0.1) is 5.41 Å². The first-order chi connectivity index (χ1) is 9.62. The van der Waals surface area contributed by atoms with Crippen LogP contribution in [0.3, 0.4) is 0 Å². The topological polar surface area (TPSA) is 78.4 Å². The van der Waals surface area contributed by atoms with Crippen LogP contribution in [0.5, 0.6) is 0 Å². The second-order valence-electron chi connectivity index (χ2n) is 5.31. The minimum atomic E-state index is -0.807. The van der Waals surface area contributed by atoms with Gasteiger partial charge in [-0.3, -0.25) is 4.79 Å². The zero-order chi connectivity index (χ0) is 14.4. The van der Waals surface area contributed by atoms with E-state index in [9.17, 15) is 14.7 Å². The quantitative estimate of drug-likeness (QED) is 0.771. The Kier molecular flexibility index (Phi) is 4.61. The molecular weight excluding hydrogens is 256 g/mol. The van der Waals surface area contributed by atoms with Gasteiger partial charge in [0.15, 0.2) is 0 Å². The minimum absolute atomic E-state index is 0.197. The molecule has 0 aromatic heterocycles. The summed E-state index contributed by atoms with van der Waals surface area (Å²) in [5.74, 6) is -0.807. The molecule has 0 radical (unpaired) electrons. The molecule has 0 spiro atoms. The van der Waals surface area contributed by atoms with E-state index in [0.717, 1.165) is 18.4 Å². The first-order valence-electron chi connectivity index (χ1n) is 6.91. The van der Waals surface area contributed by atoms with Crippen molar-refractivity contribution in [3.05, 3.63) is 35.9 Å². The molecule has 0 aliphatic heterocycles. The molecule has 108 valence electrons. The Balaban J connectivity index is 1.78. The van der Waals surface area contributed by atoms with Gasteiger partial charge in [0.05, 0.1) is 5.41 Å². The molecule has 5 heteroatoms. The van der Waals surface area contributed by atoms with E-state index in [1.165, 1.54) is 0 Å². The van der Waals surface area contributed by atoms with Gasteiger partial charge in [0.2, 0.25) is 0 Å². The second-order valence-corrected chi connectivity index (χ2v) is 5.31. The van der Waals surface area contributed by atoms with Crippen molar-refractivity contribution >= 4 is 12.0 Å². The van der Waals surface area contributed by atoms with Crippen molar-refractivity contribution in [2.24, 2.45) is 5.41 Å². The molecule has 5 nitrogen and oxygen atoms in total. The molecule has 0 atom stereocenters. The average Bonchev–Trinajstić information content (AvgIpc) is 2.94. The number of amides is 2. The monoisotopic (exact) mass is 276 g/mol. The van der Waals surface area contributed by atoms with Gasteiger partial charge in [0.25, 0.3) is 0 Å². The number of carbonyl (C=O) groups excluding carboxylic acids is 1. The molecule has 1 aliphatic rings. The molecule has 0 heterocycles. The lowest BCUT2D eigenvalue weighted by atomic mass is 9.86. The number of urea groups is 1. The molecule has 1 fully saturated rings. The first kappa shape index (κ1) is 14.4. The van der Waals surface area contributed by atoms with Gasteiger partial charge in [-0.05, 0) is 18.4 Å². The van der Waals surface area contributed by atoms with E-state index in [0.29, 0.717) is 19.4 Å². The summed E-state index contributed by atoms with van der Waals surface area (Å²) in [4.78, 5) is 23.1. The van der Waals surface area contributed by atoms with Crippen molar-refractivity contribution in [2.75, 3.05) is 6.54 Å². The Bertz CT molecular complexity index is 467. The van der Waals surface area contributed by atoms with Gasteiger partial charge in [0, 0.05) is 13.1 Å². The Labute approximate surface area is 118 Å². The van der Waals surface area contributed by atoms with Crippen LogP contribution in [0.1, 0.15) is 31.2 Å². The molecule has 1 aromatic rings. The maximum Gasteiger partial charge on any atom is 0.315 e. The first-order valence-corrected chi connectivity index (χ1v) is 6.91. The molecule has 1 aliphatic carbocycles. The number of carboxylic acid groups (broad SMARTS) is 1. The lowest BCUT2D eigenvalue weighted by Crippen LogP contribution is -2.44. The van der Waals surface area contributed by atoms with Crippen LogP contribution in [-0.4, -0.2) is 23.7 Å². The fourth-order valence-electron chi connectivity index (χ4n) is 2.61. The lowest BCUT2D eigenvalue weighted by Gasteiger charge is -2.24. The van der Waals surface area contributed by atoms with Gasteiger partial charge in [0.1, 0.15) is 0 Å².